The van der Waals surface area contributed by atoms with Gasteiger partial charge in [0.25, 0.3) is 0 Å². The zero-order valence-electron chi connectivity index (χ0n) is 8.89. The average molecular weight is 265 g/mol. The zero-order valence-corrected chi connectivity index (χ0v) is 8.89. The van der Waals surface area contributed by atoms with E-state index in [-0.39, 0.29) is 40.8 Å². The second-order valence-electron chi connectivity index (χ2n) is 3.51. The van der Waals surface area contributed by atoms with Crippen LogP contribution in [0.15, 0.2) is 18.5 Å². The number of hydrogen-bond acceptors (Lipinski definition) is 3. The molecule has 0 bridgehead atoms. The molecule has 0 aromatic carbocycles. The van der Waals surface area contributed by atoms with Crippen molar-refractivity contribution in [1.82, 2.24) is 14.8 Å². The molecule has 2 aromatic heterocycles. The van der Waals surface area contributed by atoms with Gasteiger partial charge in [0.1, 0.15) is 5.69 Å². The molecule has 8 heteroatoms. The molecule has 18 heavy (non-hydrogen) atoms. The molecule has 0 radical (unpaired) electrons. The fraction of sp³-hybridized carbons (Fsp3) is 0.300. The van der Waals surface area contributed by atoms with Crippen LogP contribution < -0.4 is 0 Å². The molecule has 0 aliphatic carbocycles. The topological polar surface area (TPSA) is 68.0 Å². The number of carboxylic acids is 1. The van der Waals surface area contributed by atoms with Gasteiger partial charge in [-0.25, -0.2) is 14.5 Å². The number of hydrogen-bond donors (Lipinski definition) is 1. The van der Waals surface area contributed by atoms with E-state index in [0.29, 0.717) is 10.1 Å². The van der Waals surface area contributed by atoms with E-state index in [2.05, 4.69) is 10.1 Å². The number of carboxylic acid groups (broad SMARTS) is 1. The molecule has 0 atom stereocenters. The van der Waals surface area contributed by atoms with E-state index in [1.165, 1.54) is 19.3 Å². The van der Waals surface area contributed by atoms with Crippen LogP contribution in [0.3, 0.4) is 0 Å². The fourth-order valence-corrected chi connectivity index (χ4v) is 1.45. The van der Waals surface area contributed by atoms with E-state index in [9.17, 15) is 13.6 Å². The number of fused-ring (bicyclic) bond motifs is 1. The third-order valence-electron chi connectivity index (χ3n) is 2.41. The summed E-state index contributed by atoms with van der Waals surface area (Å²) in [5.74, 6) is -1.26. The van der Waals surface area contributed by atoms with Crippen LogP contribution in [0.4, 0.5) is 8.78 Å². The van der Waals surface area contributed by atoms with Gasteiger partial charge in [-0.05, 0) is 6.07 Å². The Balaban J connectivity index is 0.00000162. The van der Waals surface area contributed by atoms with Gasteiger partial charge in [-0.3, -0.25) is 0 Å². The summed E-state index contributed by atoms with van der Waals surface area (Å²) < 4.78 is 27.6. The van der Waals surface area contributed by atoms with Gasteiger partial charge in [0, 0.05) is 18.0 Å². The summed E-state index contributed by atoms with van der Waals surface area (Å²) in [4.78, 5) is 14.3. The monoisotopic (exact) mass is 265 g/mol. The predicted molar refractivity (Wildman–Crippen MR) is 62.1 cm³/mol. The Labute approximate surface area is 123 Å². The number of aromatic carboxylic acids is 1. The summed E-state index contributed by atoms with van der Waals surface area (Å²) in [6.45, 7) is 1.33. The van der Waals surface area contributed by atoms with Crippen molar-refractivity contribution in [2.45, 2.75) is 19.4 Å². The first-order valence-corrected chi connectivity index (χ1v) is 4.91. The molecular weight excluding hydrogens is 255 g/mol. The van der Waals surface area contributed by atoms with Crippen LogP contribution >= 0.6 is 0 Å². The van der Waals surface area contributed by atoms with Crippen LogP contribution in [-0.4, -0.2) is 55.4 Å². The van der Waals surface area contributed by atoms with Gasteiger partial charge in [0.05, 0.1) is 11.7 Å². The second-order valence-corrected chi connectivity index (χ2v) is 3.51. The van der Waals surface area contributed by atoms with Gasteiger partial charge in [-0.1, -0.05) is 6.92 Å². The quantitative estimate of drug-likeness (QED) is 0.853. The second kappa shape index (κ2) is 5.29. The van der Waals surface area contributed by atoms with Crippen LogP contribution in [-0.2, 0) is 6.05 Å². The number of pyridine rings is 1. The van der Waals surface area contributed by atoms with Crippen molar-refractivity contribution in [2.24, 2.45) is 0 Å². The van der Waals surface area contributed by atoms with Crippen LogP contribution in [0.5, 0.6) is 0 Å². The van der Waals surface area contributed by atoms with E-state index in [1.54, 1.807) is 0 Å². The van der Waals surface area contributed by atoms with E-state index in [1.807, 2.05) is 0 Å². The summed E-state index contributed by atoms with van der Waals surface area (Å²) in [5.41, 5.74) is -0.226. The minimum atomic E-state index is -3.14. The Bertz CT molecular complexity index is 586. The van der Waals surface area contributed by atoms with Crippen molar-refractivity contribution >= 4 is 46.4 Å². The standard InChI is InChI=1S/C10H9F2N3O2.Na.H/c1-2-10(11,12)15-8-3-7(9(16)17)13-4-6(8)5-14-15;;/h3-5H,2H2,1H3,(H,16,17);;. The zero-order chi connectivity index (χ0) is 12.6. The molecular formula is C10H10F2N3NaO2. The molecule has 2 heterocycles. The molecule has 0 aliphatic heterocycles. The summed E-state index contributed by atoms with van der Waals surface area (Å²) in [6.07, 6.45) is 2.03. The van der Waals surface area contributed by atoms with Crippen molar-refractivity contribution in [3.8, 4) is 0 Å². The molecule has 0 aliphatic rings. The van der Waals surface area contributed by atoms with Gasteiger partial charge in [-0.2, -0.15) is 13.9 Å². The molecule has 0 saturated carbocycles. The third-order valence-corrected chi connectivity index (χ3v) is 2.41. The van der Waals surface area contributed by atoms with Crippen molar-refractivity contribution in [3.63, 3.8) is 0 Å². The average Bonchev–Trinajstić information content (AvgIpc) is 2.72. The molecule has 2 aromatic rings. The number of aromatic nitrogens is 3. The maximum atomic E-state index is 13.5. The van der Waals surface area contributed by atoms with Gasteiger partial charge in [-0.15, -0.1) is 0 Å². The van der Waals surface area contributed by atoms with E-state index in [0.717, 1.165) is 6.07 Å². The molecule has 2 rings (SSSR count). The molecule has 0 unspecified atom stereocenters. The summed E-state index contributed by atoms with van der Waals surface area (Å²) in [6, 6.07) is -2.05. The van der Waals surface area contributed by atoms with Gasteiger partial charge in [0.2, 0.25) is 0 Å². The van der Waals surface area contributed by atoms with Crippen LogP contribution in [0.25, 0.3) is 10.9 Å². The van der Waals surface area contributed by atoms with Crippen molar-refractivity contribution in [3.05, 3.63) is 24.2 Å². The molecule has 5 nitrogen and oxygen atoms in total. The first kappa shape index (κ1) is 15.0. The summed E-state index contributed by atoms with van der Waals surface area (Å²) >= 11 is 0. The van der Waals surface area contributed by atoms with E-state index >= 15 is 0 Å². The molecule has 92 valence electrons. The predicted octanol–water partition coefficient (Wildman–Crippen LogP) is 1.44. The van der Waals surface area contributed by atoms with E-state index < -0.39 is 18.4 Å². The molecule has 0 spiro atoms. The molecule has 0 saturated heterocycles. The Morgan fingerprint density at radius 1 is 1.50 bits per heavy atom. The van der Waals surface area contributed by atoms with Crippen molar-refractivity contribution < 1.29 is 18.7 Å². The fourth-order valence-electron chi connectivity index (χ4n) is 1.45. The number of halogens is 2. The summed E-state index contributed by atoms with van der Waals surface area (Å²) in [5, 5.41) is 12.7. The molecule has 1 N–H and O–H groups in total. The van der Waals surface area contributed by atoms with Crippen LogP contribution in [0.1, 0.15) is 23.8 Å². The minimum absolute atomic E-state index is 0. The number of alkyl halides is 2. The SMILES string of the molecule is CCC(F)(F)n1ncc2cnc(C(=O)O)cc21.[NaH]. The van der Waals surface area contributed by atoms with Crippen LogP contribution in [0, 0.1) is 0 Å². The first-order valence-electron chi connectivity index (χ1n) is 4.91. The third kappa shape index (κ3) is 2.52. The van der Waals surface area contributed by atoms with Gasteiger partial charge in [0.15, 0.2) is 0 Å². The van der Waals surface area contributed by atoms with E-state index in [4.69, 9.17) is 5.11 Å². The number of rotatable bonds is 3. The first-order chi connectivity index (χ1) is 7.95. The Hall–Kier alpha value is -1.05. The Morgan fingerprint density at radius 2 is 2.17 bits per heavy atom. The van der Waals surface area contributed by atoms with Crippen LogP contribution in [0.2, 0.25) is 0 Å². The molecule has 0 fully saturated rings. The van der Waals surface area contributed by atoms with Crippen molar-refractivity contribution in [1.29, 1.82) is 0 Å². The Kier molecular flexibility index (Phi) is 4.41. The Morgan fingerprint density at radius 3 is 2.72 bits per heavy atom. The van der Waals surface area contributed by atoms with Crippen molar-refractivity contribution in [2.75, 3.05) is 0 Å². The number of nitrogens with zero attached hydrogens (tertiary/aromatic N) is 3. The maximum absolute atomic E-state index is 13.5. The summed E-state index contributed by atoms with van der Waals surface area (Å²) in [7, 11) is 0. The van der Waals surface area contributed by atoms with Gasteiger partial charge < -0.3 is 5.11 Å². The normalized spacial score (nSPS) is 11.3. The number of carbonyl (C=O) groups is 1. The van der Waals surface area contributed by atoms with Gasteiger partial charge >= 0.3 is 41.6 Å². The molecule has 0 amide bonds.